The van der Waals surface area contributed by atoms with Gasteiger partial charge in [-0.25, -0.2) is 9.59 Å². The van der Waals surface area contributed by atoms with Gasteiger partial charge in [-0.05, 0) is 37.2 Å². The maximum Gasteiger partial charge on any atom is 0.328 e. The van der Waals surface area contributed by atoms with Gasteiger partial charge in [0.05, 0.1) is 6.17 Å². The van der Waals surface area contributed by atoms with Crippen molar-refractivity contribution in [2.75, 3.05) is 25.5 Å². The molecule has 0 unspecified atom stereocenters. The first kappa shape index (κ1) is 17.8. The minimum absolute atomic E-state index is 0.164. The predicted molar refractivity (Wildman–Crippen MR) is 89.3 cm³/mol. The van der Waals surface area contributed by atoms with E-state index in [1.165, 1.54) is 11.3 Å². The largest absolute Gasteiger partial charge is 0.508 e. The summed E-state index contributed by atoms with van der Waals surface area (Å²) in [5.74, 6) is -2.14. The average molecular weight is 334 g/mol. The Morgan fingerprint density at radius 2 is 1.79 bits per heavy atom. The van der Waals surface area contributed by atoms with Crippen LogP contribution in [0.1, 0.15) is 18.9 Å². The number of fused-ring (bicyclic) bond motifs is 3. The standard InChI is InChI=1S/C13H18N2O.C4H4O4/c1-13-6-7-14(2)12(13)15(3)11-5-4-9(16)8-10(11)13;5-3(6)1-2-4(7)8/h4-5,8,12,16H,6-7H2,1-3H3;1-2H,(H,5,6)(H,7,8)/t12-,13+;/m1./s1. The second-order valence-electron chi connectivity index (χ2n) is 6.34. The molecule has 0 aliphatic carbocycles. The van der Waals surface area contributed by atoms with Crippen molar-refractivity contribution in [1.29, 1.82) is 0 Å². The number of nitrogens with zero attached hydrogens (tertiary/aromatic N) is 2. The Balaban J connectivity index is 0.000000224. The number of aliphatic carboxylic acids is 2. The number of hydrogen-bond donors (Lipinski definition) is 3. The number of likely N-dealkylation sites (tertiary alicyclic amines) is 1. The van der Waals surface area contributed by atoms with Gasteiger partial charge in [0.2, 0.25) is 0 Å². The highest BCUT2D eigenvalue weighted by molar-refractivity contribution is 5.89. The van der Waals surface area contributed by atoms with Crippen LogP contribution in [-0.4, -0.2) is 59.0 Å². The van der Waals surface area contributed by atoms with E-state index < -0.39 is 11.9 Å². The van der Waals surface area contributed by atoms with Gasteiger partial charge in [-0.1, -0.05) is 6.92 Å². The number of phenolic OH excluding ortho intramolecular Hbond substituents is 1. The molecule has 3 rings (SSSR count). The molecule has 1 aromatic carbocycles. The molecule has 2 aliphatic rings. The third kappa shape index (κ3) is 3.21. The quantitative estimate of drug-likeness (QED) is 0.704. The Labute approximate surface area is 140 Å². The van der Waals surface area contributed by atoms with Gasteiger partial charge in [0.25, 0.3) is 0 Å². The molecule has 2 atom stereocenters. The van der Waals surface area contributed by atoms with E-state index in [0.29, 0.717) is 24.1 Å². The topological polar surface area (TPSA) is 101 Å². The van der Waals surface area contributed by atoms with E-state index in [0.717, 1.165) is 13.0 Å². The molecule has 1 aromatic rings. The minimum atomic E-state index is -1.26. The second kappa shape index (κ2) is 6.52. The molecule has 1 saturated heterocycles. The molecule has 0 aromatic heterocycles. The Kier molecular flexibility index (Phi) is 4.84. The highest BCUT2D eigenvalue weighted by Crippen LogP contribution is 2.51. The summed E-state index contributed by atoms with van der Waals surface area (Å²) in [5.41, 5.74) is 2.72. The van der Waals surface area contributed by atoms with Gasteiger partial charge in [-0.2, -0.15) is 0 Å². The Hall–Kier alpha value is -2.54. The van der Waals surface area contributed by atoms with Gasteiger partial charge in [0.15, 0.2) is 0 Å². The van der Waals surface area contributed by atoms with Gasteiger partial charge in [-0.15, -0.1) is 0 Å². The van der Waals surface area contributed by atoms with Crippen LogP contribution in [0.15, 0.2) is 30.4 Å². The van der Waals surface area contributed by atoms with Gasteiger partial charge in [0.1, 0.15) is 5.75 Å². The van der Waals surface area contributed by atoms with Crippen molar-refractivity contribution in [1.82, 2.24) is 4.90 Å². The van der Waals surface area contributed by atoms with E-state index in [1.54, 1.807) is 6.07 Å². The fourth-order valence-electron chi connectivity index (χ4n) is 3.71. The van der Waals surface area contributed by atoms with Crippen LogP contribution in [0.4, 0.5) is 5.69 Å². The lowest BCUT2D eigenvalue weighted by atomic mass is 9.81. The summed E-state index contributed by atoms with van der Waals surface area (Å²) >= 11 is 0. The maximum absolute atomic E-state index is 9.65. The van der Waals surface area contributed by atoms with Crippen LogP contribution >= 0.6 is 0 Å². The van der Waals surface area contributed by atoms with E-state index in [9.17, 15) is 14.7 Å². The lowest BCUT2D eigenvalue weighted by molar-refractivity contribution is -0.134. The van der Waals surface area contributed by atoms with Crippen LogP contribution in [0.3, 0.4) is 0 Å². The smallest absolute Gasteiger partial charge is 0.328 e. The maximum atomic E-state index is 9.65. The SMILES string of the molecule is CN1CC[C@@]2(C)c3cc(O)ccc3N(C)[C@@H]12.O=C(O)C=CC(=O)O. The van der Waals surface area contributed by atoms with Gasteiger partial charge in [0, 0.05) is 36.8 Å². The lowest BCUT2D eigenvalue weighted by Gasteiger charge is -2.32. The average Bonchev–Trinajstić information content (AvgIpc) is 2.92. The highest BCUT2D eigenvalue weighted by atomic mass is 16.4. The number of phenols is 1. The van der Waals surface area contributed by atoms with E-state index >= 15 is 0 Å². The molecular formula is C17H22N2O5. The first-order chi connectivity index (χ1) is 11.2. The molecule has 130 valence electrons. The first-order valence-electron chi connectivity index (χ1n) is 7.57. The van der Waals surface area contributed by atoms with Gasteiger partial charge >= 0.3 is 11.9 Å². The third-order valence-electron chi connectivity index (χ3n) is 4.68. The summed E-state index contributed by atoms with van der Waals surface area (Å²) in [5, 5.41) is 25.3. The fourth-order valence-corrected chi connectivity index (χ4v) is 3.71. The van der Waals surface area contributed by atoms with Gasteiger partial charge < -0.3 is 20.2 Å². The molecule has 1 fully saturated rings. The van der Waals surface area contributed by atoms with Crippen molar-refractivity contribution < 1.29 is 24.9 Å². The summed E-state index contributed by atoms with van der Waals surface area (Å²) in [6.07, 6.45) is 2.71. The Bertz CT molecular complexity index is 672. The molecule has 7 heteroatoms. The van der Waals surface area contributed by atoms with Crippen LogP contribution in [0, 0.1) is 0 Å². The summed E-state index contributed by atoms with van der Waals surface area (Å²) in [4.78, 5) is 23.8. The van der Waals surface area contributed by atoms with Crippen LogP contribution < -0.4 is 4.90 Å². The molecule has 0 amide bonds. The number of aromatic hydroxyl groups is 1. The first-order valence-corrected chi connectivity index (χ1v) is 7.57. The molecule has 2 aliphatic heterocycles. The predicted octanol–water partition coefficient (Wildman–Crippen LogP) is 1.47. The summed E-state index contributed by atoms with van der Waals surface area (Å²) in [6, 6.07) is 5.74. The number of carbonyl (C=O) groups is 2. The van der Waals surface area contributed by atoms with E-state index in [1.807, 2.05) is 12.1 Å². The van der Waals surface area contributed by atoms with Crippen molar-refractivity contribution in [2.24, 2.45) is 0 Å². The Morgan fingerprint density at radius 3 is 2.33 bits per heavy atom. The summed E-state index contributed by atoms with van der Waals surface area (Å²) < 4.78 is 0. The number of likely N-dealkylation sites (N-methyl/N-ethyl adjacent to an activating group) is 2. The summed E-state index contributed by atoms with van der Waals surface area (Å²) in [6.45, 7) is 3.43. The molecule has 0 saturated carbocycles. The summed E-state index contributed by atoms with van der Waals surface area (Å²) in [7, 11) is 4.33. The van der Waals surface area contributed by atoms with Crippen molar-refractivity contribution >= 4 is 17.6 Å². The van der Waals surface area contributed by atoms with E-state index in [4.69, 9.17) is 10.2 Å². The number of carboxylic acid groups (broad SMARTS) is 2. The second-order valence-corrected chi connectivity index (χ2v) is 6.34. The zero-order valence-corrected chi connectivity index (χ0v) is 13.9. The van der Waals surface area contributed by atoms with E-state index in [2.05, 4.69) is 30.8 Å². The minimum Gasteiger partial charge on any atom is -0.508 e. The van der Waals surface area contributed by atoms with Crippen LogP contribution in [-0.2, 0) is 15.0 Å². The van der Waals surface area contributed by atoms with Gasteiger partial charge in [-0.3, -0.25) is 4.90 Å². The zero-order chi connectivity index (χ0) is 18.1. The van der Waals surface area contributed by atoms with E-state index in [-0.39, 0.29) is 5.41 Å². The van der Waals surface area contributed by atoms with Crippen molar-refractivity contribution in [3.05, 3.63) is 35.9 Å². The fraction of sp³-hybridized carbons (Fsp3) is 0.412. The molecule has 7 nitrogen and oxygen atoms in total. The zero-order valence-electron chi connectivity index (χ0n) is 13.9. The lowest BCUT2D eigenvalue weighted by Crippen LogP contribution is -2.45. The van der Waals surface area contributed by atoms with Crippen LogP contribution in [0.25, 0.3) is 0 Å². The molecular weight excluding hydrogens is 312 g/mol. The monoisotopic (exact) mass is 334 g/mol. The molecule has 0 bridgehead atoms. The molecule has 0 spiro atoms. The normalized spacial score (nSPS) is 25.1. The third-order valence-corrected chi connectivity index (χ3v) is 4.68. The molecule has 2 heterocycles. The van der Waals surface area contributed by atoms with Crippen molar-refractivity contribution in [2.45, 2.75) is 24.9 Å². The number of benzene rings is 1. The number of carboxylic acids is 2. The van der Waals surface area contributed by atoms with Crippen LogP contribution in [0.5, 0.6) is 5.75 Å². The number of hydrogen-bond acceptors (Lipinski definition) is 5. The van der Waals surface area contributed by atoms with Crippen molar-refractivity contribution in [3.8, 4) is 5.75 Å². The number of rotatable bonds is 2. The Morgan fingerprint density at radius 1 is 1.21 bits per heavy atom. The van der Waals surface area contributed by atoms with Crippen LogP contribution in [0.2, 0.25) is 0 Å². The molecule has 3 N–H and O–H groups in total. The molecule has 24 heavy (non-hydrogen) atoms. The number of anilines is 1. The van der Waals surface area contributed by atoms with Crippen molar-refractivity contribution in [3.63, 3.8) is 0 Å². The molecule has 0 radical (unpaired) electrons. The highest BCUT2D eigenvalue weighted by Gasteiger charge is 2.52.